The van der Waals surface area contributed by atoms with Crippen molar-refractivity contribution >= 4 is 0 Å². The molecular weight excluding hydrogens is 232 g/mol. The Kier molecular flexibility index (Phi) is 5.17. The SMILES string of the molecule is C1CCCC(CN(CC2CCNCC2)C2CC2)CC1. The number of hydrogen-bond acceptors (Lipinski definition) is 2. The van der Waals surface area contributed by atoms with Gasteiger partial charge >= 0.3 is 0 Å². The van der Waals surface area contributed by atoms with Gasteiger partial charge in [0.05, 0.1) is 0 Å². The van der Waals surface area contributed by atoms with Crippen molar-refractivity contribution in [3.8, 4) is 0 Å². The molecule has 0 amide bonds. The molecule has 0 atom stereocenters. The Bertz CT molecular complexity index is 248. The molecule has 3 rings (SSSR count). The summed E-state index contributed by atoms with van der Waals surface area (Å²) in [6.07, 6.45) is 14.8. The largest absolute Gasteiger partial charge is 0.317 e. The summed E-state index contributed by atoms with van der Waals surface area (Å²) < 4.78 is 0. The summed E-state index contributed by atoms with van der Waals surface area (Å²) >= 11 is 0. The van der Waals surface area contributed by atoms with E-state index in [1.165, 1.54) is 90.4 Å². The zero-order valence-corrected chi connectivity index (χ0v) is 12.6. The molecule has 0 spiro atoms. The molecule has 0 aromatic rings. The van der Waals surface area contributed by atoms with Crippen molar-refractivity contribution in [2.75, 3.05) is 26.2 Å². The first-order valence-corrected chi connectivity index (χ1v) is 8.86. The van der Waals surface area contributed by atoms with Crippen LogP contribution in [0.4, 0.5) is 0 Å². The normalized spacial score (nSPS) is 27.6. The van der Waals surface area contributed by atoms with Gasteiger partial charge in [-0.2, -0.15) is 0 Å². The Morgan fingerprint density at radius 2 is 1.26 bits per heavy atom. The van der Waals surface area contributed by atoms with Crippen LogP contribution in [-0.2, 0) is 0 Å². The van der Waals surface area contributed by atoms with E-state index in [0.717, 1.165) is 17.9 Å². The summed E-state index contributed by atoms with van der Waals surface area (Å²) in [6, 6.07) is 0.970. The highest BCUT2D eigenvalue weighted by Gasteiger charge is 2.32. The van der Waals surface area contributed by atoms with Crippen LogP contribution in [0.25, 0.3) is 0 Å². The molecule has 19 heavy (non-hydrogen) atoms. The second-order valence-corrected chi connectivity index (χ2v) is 7.24. The number of nitrogens with zero attached hydrogens (tertiary/aromatic N) is 1. The van der Waals surface area contributed by atoms with Crippen molar-refractivity contribution in [2.24, 2.45) is 11.8 Å². The van der Waals surface area contributed by atoms with Gasteiger partial charge in [-0.05, 0) is 63.5 Å². The maximum Gasteiger partial charge on any atom is 0.00966 e. The van der Waals surface area contributed by atoms with E-state index in [1.807, 2.05) is 0 Å². The molecule has 0 bridgehead atoms. The monoisotopic (exact) mass is 264 g/mol. The molecule has 1 heterocycles. The number of piperidine rings is 1. The molecule has 0 unspecified atom stereocenters. The Hall–Kier alpha value is -0.0800. The molecular formula is C17H32N2. The zero-order valence-electron chi connectivity index (χ0n) is 12.6. The number of hydrogen-bond donors (Lipinski definition) is 1. The highest BCUT2D eigenvalue weighted by Crippen LogP contribution is 2.32. The van der Waals surface area contributed by atoms with Gasteiger partial charge in [0, 0.05) is 19.1 Å². The van der Waals surface area contributed by atoms with E-state index in [1.54, 1.807) is 0 Å². The summed E-state index contributed by atoms with van der Waals surface area (Å²) in [5.74, 6) is 2.00. The summed E-state index contributed by atoms with van der Waals surface area (Å²) in [4.78, 5) is 2.89. The maximum absolute atomic E-state index is 3.50. The lowest BCUT2D eigenvalue weighted by atomic mass is 9.95. The van der Waals surface area contributed by atoms with Gasteiger partial charge < -0.3 is 5.32 Å². The maximum atomic E-state index is 3.50. The lowest BCUT2D eigenvalue weighted by Crippen LogP contribution is -2.39. The summed E-state index contributed by atoms with van der Waals surface area (Å²) in [5, 5.41) is 3.50. The Morgan fingerprint density at radius 3 is 1.84 bits per heavy atom. The van der Waals surface area contributed by atoms with Crippen LogP contribution in [0.3, 0.4) is 0 Å². The number of rotatable bonds is 5. The van der Waals surface area contributed by atoms with Gasteiger partial charge in [-0.1, -0.05) is 25.7 Å². The van der Waals surface area contributed by atoms with Gasteiger partial charge in [0.25, 0.3) is 0 Å². The molecule has 2 aliphatic carbocycles. The molecule has 1 saturated heterocycles. The Morgan fingerprint density at radius 1 is 0.684 bits per heavy atom. The van der Waals surface area contributed by atoms with Crippen molar-refractivity contribution in [3.63, 3.8) is 0 Å². The number of nitrogens with one attached hydrogen (secondary N) is 1. The van der Waals surface area contributed by atoms with Crippen LogP contribution in [0.5, 0.6) is 0 Å². The fourth-order valence-corrected chi connectivity index (χ4v) is 4.09. The van der Waals surface area contributed by atoms with Crippen molar-refractivity contribution in [2.45, 2.75) is 70.3 Å². The van der Waals surface area contributed by atoms with Gasteiger partial charge in [0.2, 0.25) is 0 Å². The molecule has 1 aliphatic heterocycles. The molecule has 2 heteroatoms. The average molecular weight is 264 g/mol. The molecule has 3 aliphatic rings. The van der Waals surface area contributed by atoms with Crippen molar-refractivity contribution in [1.29, 1.82) is 0 Å². The predicted molar refractivity (Wildman–Crippen MR) is 81.4 cm³/mol. The highest BCUT2D eigenvalue weighted by molar-refractivity contribution is 4.88. The minimum Gasteiger partial charge on any atom is -0.317 e. The molecule has 2 nitrogen and oxygen atoms in total. The molecule has 0 aromatic carbocycles. The van der Waals surface area contributed by atoms with E-state index in [0.29, 0.717) is 0 Å². The quantitative estimate of drug-likeness (QED) is 0.765. The van der Waals surface area contributed by atoms with Crippen LogP contribution < -0.4 is 5.32 Å². The summed E-state index contributed by atoms with van der Waals surface area (Å²) in [6.45, 7) is 5.34. The third-order valence-electron chi connectivity index (χ3n) is 5.48. The molecule has 110 valence electrons. The lowest BCUT2D eigenvalue weighted by Gasteiger charge is -2.32. The van der Waals surface area contributed by atoms with Crippen LogP contribution >= 0.6 is 0 Å². The van der Waals surface area contributed by atoms with Crippen LogP contribution in [0, 0.1) is 11.8 Å². The van der Waals surface area contributed by atoms with E-state index in [9.17, 15) is 0 Å². The molecule has 3 fully saturated rings. The van der Waals surface area contributed by atoms with Crippen LogP contribution in [0.15, 0.2) is 0 Å². The first kappa shape index (κ1) is 13.9. The molecule has 0 aromatic heterocycles. The standard InChI is InChI=1S/C17H32N2/c1-2-4-6-15(5-3-1)13-19(17-7-8-17)14-16-9-11-18-12-10-16/h15-18H,1-14H2. The second-order valence-electron chi connectivity index (χ2n) is 7.24. The van der Waals surface area contributed by atoms with Gasteiger partial charge in [-0.3, -0.25) is 4.90 Å². The van der Waals surface area contributed by atoms with E-state index in [4.69, 9.17) is 0 Å². The molecule has 0 radical (unpaired) electrons. The first-order valence-electron chi connectivity index (χ1n) is 8.86. The van der Waals surface area contributed by atoms with Crippen LogP contribution in [0.1, 0.15) is 64.2 Å². The van der Waals surface area contributed by atoms with Gasteiger partial charge in [-0.25, -0.2) is 0 Å². The summed E-state index contributed by atoms with van der Waals surface area (Å²) in [5.41, 5.74) is 0. The van der Waals surface area contributed by atoms with Gasteiger partial charge in [-0.15, -0.1) is 0 Å². The Balaban J connectivity index is 1.48. The molecule has 1 N–H and O–H groups in total. The van der Waals surface area contributed by atoms with Crippen molar-refractivity contribution in [3.05, 3.63) is 0 Å². The molecule has 2 saturated carbocycles. The van der Waals surface area contributed by atoms with Crippen molar-refractivity contribution < 1.29 is 0 Å². The Labute approximate surface area is 119 Å². The van der Waals surface area contributed by atoms with Crippen LogP contribution in [0.2, 0.25) is 0 Å². The third-order valence-corrected chi connectivity index (χ3v) is 5.48. The minimum absolute atomic E-state index is 0.970. The fraction of sp³-hybridized carbons (Fsp3) is 1.00. The topological polar surface area (TPSA) is 15.3 Å². The fourth-order valence-electron chi connectivity index (χ4n) is 4.09. The van der Waals surface area contributed by atoms with E-state index >= 15 is 0 Å². The first-order chi connectivity index (χ1) is 9.42. The zero-order chi connectivity index (χ0) is 12.9. The average Bonchev–Trinajstić information content (AvgIpc) is 3.27. The lowest BCUT2D eigenvalue weighted by molar-refractivity contribution is 0.165. The van der Waals surface area contributed by atoms with E-state index in [-0.39, 0.29) is 0 Å². The van der Waals surface area contributed by atoms with E-state index in [2.05, 4.69) is 10.2 Å². The summed E-state index contributed by atoms with van der Waals surface area (Å²) in [7, 11) is 0. The second kappa shape index (κ2) is 7.08. The third kappa shape index (κ3) is 4.46. The minimum atomic E-state index is 0.970. The van der Waals surface area contributed by atoms with Crippen LogP contribution in [-0.4, -0.2) is 37.1 Å². The highest BCUT2D eigenvalue weighted by atomic mass is 15.2. The van der Waals surface area contributed by atoms with E-state index < -0.39 is 0 Å². The van der Waals surface area contributed by atoms with Crippen molar-refractivity contribution in [1.82, 2.24) is 10.2 Å². The van der Waals surface area contributed by atoms with Gasteiger partial charge in [0.15, 0.2) is 0 Å². The predicted octanol–water partition coefficient (Wildman–Crippen LogP) is 3.42. The van der Waals surface area contributed by atoms with Gasteiger partial charge in [0.1, 0.15) is 0 Å². The smallest absolute Gasteiger partial charge is 0.00966 e.